The minimum absolute atomic E-state index is 0.240. The first-order valence-corrected chi connectivity index (χ1v) is 36.0. The third-order valence-corrected chi connectivity index (χ3v) is 17.3. The highest BCUT2D eigenvalue weighted by molar-refractivity contribution is 5.80. The second-order valence-corrected chi connectivity index (χ2v) is 25.3. The summed E-state index contributed by atoms with van der Waals surface area (Å²) in [6, 6.07) is -1.20. The number of amides is 1. The Hall–Kier alpha value is -1.93. The van der Waals surface area contributed by atoms with Gasteiger partial charge in [-0.25, -0.2) is 0 Å². The predicted molar refractivity (Wildman–Crippen MR) is 353 cm³/mol. The Morgan fingerprint density at radius 1 is 0.405 bits per heavy atom. The summed E-state index contributed by atoms with van der Waals surface area (Å²) < 4.78 is 11.2. The molecule has 0 radical (unpaired) electrons. The van der Waals surface area contributed by atoms with Crippen molar-refractivity contribution in [3.05, 3.63) is 48.6 Å². The van der Waals surface area contributed by atoms with E-state index in [0.717, 1.165) is 44.9 Å². The molecule has 1 aliphatic rings. The number of carbonyl (C=O) groups excluding carboxylic acids is 1. The molecule has 0 aliphatic carbocycles. The van der Waals surface area contributed by atoms with Gasteiger partial charge in [0.1, 0.15) is 36.6 Å². The monoisotopic (exact) mass is 1190 g/mol. The van der Waals surface area contributed by atoms with Crippen LogP contribution in [0.25, 0.3) is 0 Å². The van der Waals surface area contributed by atoms with Gasteiger partial charge in [0.2, 0.25) is 5.91 Å². The van der Waals surface area contributed by atoms with Crippen LogP contribution in [-0.2, 0) is 14.3 Å². The van der Waals surface area contributed by atoms with Gasteiger partial charge in [0, 0.05) is 0 Å². The van der Waals surface area contributed by atoms with E-state index in [1.165, 1.54) is 250 Å². The number of rotatable bonds is 63. The molecule has 1 aliphatic heterocycles. The van der Waals surface area contributed by atoms with E-state index in [1.807, 2.05) is 0 Å². The largest absolute Gasteiger partial charge is 0.394 e. The van der Waals surface area contributed by atoms with Crippen LogP contribution in [0.3, 0.4) is 0 Å². The summed E-state index contributed by atoms with van der Waals surface area (Å²) in [6.45, 7) is 3.49. The number of hydrogen-bond acceptors (Lipinski definition) is 10. The van der Waals surface area contributed by atoms with Crippen molar-refractivity contribution in [2.75, 3.05) is 13.2 Å². The van der Waals surface area contributed by atoms with Gasteiger partial charge >= 0.3 is 0 Å². The molecule has 0 aromatic carbocycles. The lowest BCUT2D eigenvalue weighted by atomic mass is 9.98. The fourth-order valence-corrected chi connectivity index (χ4v) is 11.5. The van der Waals surface area contributed by atoms with Crippen molar-refractivity contribution in [1.82, 2.24) is 5.32 Å². The molecule has 0 bridgehead atoms. The number of aliphatic hydroxyl groups is 7. The molecule has 0 saturated carbocycles. The highest BCUT2D eigenvalue weighted by Gasteiger charge is 2.44. The normalized spacial score (nSPS) is 19.2. The molecule has 9 atom stereocenters. The third kappa shape index (κ3) is 48.1. The highest BCUT2D eigenvalue weighted by Crippen LogP contribution is 2.24. The fraction of sp³-hybridized carbons (Fsp3) is 0.877. The third-order valence-electron chi connectivity index (χ3n) is 17.3. The summed E-state index contributed by atoms with van der Waals surface area (Å²) in [6.07, 6.45) is 69.2. The van der Waals surface area contributed by atoms with Gasteiger partial charge in [-0.3, -0.25) is 4.79 Å². The molecule has 1 heterocycles. The maximum Gasteiger partial charge on any atom is 0.249 e. The molecule has 8 N–H and O–H groups in total. The molecule has 1 saturated heterocycles. The topological polar surface area (TPSA) is 189 Å². The number of ether oxygens (including phenoxy) is 2. The van der Waals surface area contributed by atoms with Crippen molar-refractivity contribution in [2.24, 2.45) is 0 Å². The zero-order chi connectivity index (χ0) is 61.0. The van der Waals surface area contributed by atoms with Crippen molar-refractivity contribution in [1.29, 1.82) is 0 Å². The number of allylic oxidation sites excluding steroid dienone is 8. The number of hydrogen-bond donors (Lipinski definition) is 8. The molecule has 0 aromatic rings. The van der Waals surface area contributed by atoms with Crippen LogP contribution in [0, 0.1) is 0 Å². The second-order valence-electron chi connectivity index (χ2n) is 25.3. The van der Waals surface area contributed by atoms with Crippen LogP contribution in [0.2, 0.25) is 0 Å². The van der Waals surface area contributed by atoms with Crippen molar-refractivity contribution in [3.63, 3.8) is 0 Å². The highest BCUT2D eigenvalue weighted by atomic mass is 16.7. The van der Waals surface area contributed by atoms with Crippen LogP contribution in [-0.4, -0.2) is 110 Å². The van der Waals surface area contributed by atoms with E-state index in [1.54, 1.807) is 0 Å². The van der Waals surface area contributed by atoms with E-state index in [-0.39, 0.29) is 12.8 Å². The van der Waals surface area contributed by atoms with Crippen LogP contribution in [0.4, 0.5) is 0 Å². The molecule has 0 aromatic heterocycles. The van der Waals surface area contributed by atoms with Gasteiger partial charge < -0.3 is 50.5 Å². The van der Waals surface area contributed by atoms with Crippen LogP contribution < -0.4 is 5.32 Å². The van der Waals surface area contributed by atoms with E-state index in [4.69, 9.17) is 9.47 Å². The Kier molecular flexibility index (Phi) is 58.5. The Balaban J connectivity index is 2.23. The number of aliphatic hydroxyl groups excluding tert-OH is 7. The Labute approximate surface area is 517 Å². The molecule has 494 valence electrons. The number of nitrogens with one attached hydrogen (secondary N) is 1. The Morgan fingerprint density at radius 2 is 0.714 bits per heavy atom. The van der Waals surface area contributed by atoms with E-state index in [0.29, 0.717) is 19.3 Å². The standard InChI is InChI=1S/C73H137NO10/c1-3-5-7-9-11-13-15-17-19-21-23-25-27-29-30-31-32-33-34-35-37-38-40-42-44-46-48-50-52-54-56-58-60-65(76)68(78)64(63-83-73-71(81)70(80)69(79)67(62-75)84-73)74-72(82)66(77)61-59-57-55-53-51-49-47-45-43-41-39-36-28-26-24-22-20-18-16-14-12-10-8-6-4-2/h36-39,44,46,52,54,64-71,73,75-81H,3-35,40-43,45,47-51,53,55-63H2,1-2H3,(H,74,82)/b38-37+,39-36-,46-44+,54-52+. The van der Waals surface area contributed by atoms with Gasteiger partial charge in [-0.1, -0.05) is 300 Å². The molecule has 1 fully saturated rings. The van der Waals surface area contributed by atoms with Crippen molar-refractivity contribution in [2.45, 2.75) is 396 Å². The van der Waals surface area contributed by atoms with Crippen LogP contribution in [0.5, 0.6) is 0 Å². The van der Waals surface area contributed by atoms with Gasteiger partial charge in [0.05, 0.1) is 25.4 Å². The number of carbonyl (C=O) groups is 1. The summed E-state index contributed by atoms with van der Waals surface area (Å²) in [4.78, 5) is 13.2. The van der Waals surface area contributed by atoms with Gasteiger partial charge in [-0.05, 0) is 89.9 Å². The van der Waals surface area contributed by atoms with Crippen molar-refractivity contribution < 1.29 is 50.0 Å². The average Bonchev–Trinajstić information content (AvgIpc) is 3.66. The molecular weight excluding hydrogens is 1050 g/mol. The van der Waals surface area contributed by atoms with Crippen molar-refractivity contribution >= 4 is 5.91 Å². The first-order chi connectivity index (χ1) is 41.2. The lowest BCUT2D eigenvalue weighted by Gasteiger charge is -2.40. The average molecular weight is 1190 g/mol. The van der Waals surface area contributed by atoms with E-state index in [2.05, 4.69) is 67.8 Å². The number of unbranched alkanes of at least 4 members (excludes halogenated alkanes) is 43. The van der Waals surface area contributed by atoms with Crippen LogP contribution >= 0.6 is 0 Å². The molecular formula is C73H137NO10. The SMILES string of the molecule is CCCCCCCCCCCCCC/C=C\CCCCCCCCCCCC(O)C(=O)NC(COC1OC(CO)C(O)C(O)C1O)C(O)C(O)CCC/C=C/CC/C=C/CC/C=C/CCCCCCCCCCCCCCCCCCCCC. The van der Waals surface area contributed by atoms with Crippen LogP contribution in [0.1, 0.15) is 341 Å². The molecule has 9 unspecified atom stereocenters. The van der Waals surface area contributed by atoms with E-state index in [9.17, 15) is 40.5 Å². The molecule has 1 amide bonds. The minimum atomic E-state index is -1.68. The Morgan fingerprint density at radius 3 is 1.06 bits per heavy atom. The summed E-state index contributed by atoms with van der Waals surface area (Å²) in [7, 11) is 0. The van der Waals surface area contributed by atoms with E-state index >= 15 is 0 Å². The summed E-state index contributed by atoms with van der Waals surface area (Å²) in [5.74, 6) is -0.711. The molecule has 1 rings (SSSR count). The van der Waals surface area contributed by atoms with Crippen molar-refractivity contribution in [3.8, 4) is 0 Å². The Bertz CT molecular complexity index is 1510. The lowest BCUT2D eigenvalue weighted by molar-refractivity contribution is -0.303. The molecule has 11 nitrogen and oxygen atoms in total. The molecule has 0 spiro atoms. The first-order valence-electron chi connectivity index (χ1n) is 36.0. The minimum Gasteiger partial charge on any atom is -0.394 e. The first kappa shape index (κ1) is 80.1. The zero-order valence-corrected chi connectivity index (χ0v) is 54.6. The van der Waals surface area contributed by atoms with Crippen LogP contribution in [0.15, 0.2) is 48.6 Å². The van der Waals surface area contributed by atoms with Gasteiger partial charge in [0.25, 0.3) is 0 Å². The smallest absolute Gasteiger partial charge is 0.249 e. The van der Waals surface area contributed by atoms with Gasteiger partial charge in [-0.2, -0.15) is 0 Å². The summed E-state index contributed by atoms with van der Waals surface area (Å²) in [5.41, 5.74) is 0. The predicted octanol–water partition coefficient (Wildman–Crippen LogP) is 17.5. The summed E-state index contributed by atoms with van der Waals surface area (Å²) >= 11 is 0. The molecule has 84 heavy (non-hydrogen) atoms. The zero-order valence-electron chi connectivity index (χ0n) is 54.6. The summed E-state index contributed by atoms with van der Waals surface area (Å²) in [5, 5.41) is 76.5. The fourth-order valence-electron chi connectivity index (χ4n) is 11.5. The maximum absolute atomic E-state index is 13.2. The quantitative estimate of drug-likeness (QED) is 0.0215. The van der Waals surface area contributed by atoms with Gasteiger partial charge in [0.15, 0.2) is 6.29 Å². The molecule has 11 heteroatoms. The maximum atomic E-state index is 13.2. The van der Waals surface area contributed by atoms with E-state index < -0.39 is 74.2 Å². The second kappa shape index (κ2) is 61.3. The van der Waals surface area contributed by atoms with Gasteiger partial charge in [-0.15, -0.1) is 0 Å². The lowest BCUT2D eigenvalue weighted by Crippen LogP contribution is -2.60.